The van der Waals surface area contributed by atoms with Crippen LogP contribution in [0.15, 0.2) is 34.2 Å². The summed E-state index contributed by atoms with van der Waals surface area (Å²) in [4.78, 5) is 10.8. The van der Waals surface area contributed by atoms with Crippen LogP contribution < -0.4 is 10.6 Å². The largest absolute Gasteiger partial charge is 0.357 e. The molecule has 1 saturated heterocycles. The average molecular weight is 578 g/mol. The van der Waals surface area contributed by atoms with Gasteiger partial charge in [-0.2, -0.15) is 4.31 Å². The number of nitrogens with one attached hydrogen (secondary N) is 2. The first-order chi connectivity index (χ1) is 14.4. The molecule has 172 valence electrons. The fourth-order valence-corrected chi connectivity index (χ4v) is 5.74. The van der Waals surface area contributed by atoms with Gasteiger partial charge in [-0.1, -0.05) is 12.1 Å². The van der Waals surface area contributed by atoms with Gasteiger partial charge >= 0.3 is 0 Å². The Hall–Kier alpha value is -1.24. The maximum absolute atomic E-state index is 12.6. The minimum atomic E-state index is -3.37. The number of aliphatic imine (C=N–C) groups is 1. The molecule has 0 saturated carbocycles. The van der Waals surface area contributed by atoms with Crippen molar-refractivity contribution in [3.05, 3.63) is 45.4 Å². The van der Waals surface area contributed by atoms with Gasteiger partial charge in [0.25, 0.3) is 0 Å². The van der Waals surface area contributed by atoms with E-state index in [2.05, 4.69) is 27.5 Å². The Balaban J connectivity index is 0.00000341. The predicted octanol–water partition coefficient (Wildman–Crippen LogP) is 3.46. The third kappa shape index (κ3) is 7.13. The Bertz CT molecular complexity index is 949. The van der Waals surface area contributed by atoms with E-state index in [1.807, 2.05) is 26.0 Å². The van der Waals surface area contributed by atoms with E-state index in [0.717, 1.165) is 54.6 Å². The molecule has 0 bridgehead atoms. The summed E-state index contributed by atoms with van der Waals surface area (Å²) in [6.45, 7) is 9.41. The van der Waals surface area contributed by atoms with E-state index in [1.165, 1.54) is 4.88 Å². The van der Waals surface area contributed by atoms with Gasteiger partial charge in [0.05, 0.1) is 22.1 Å². The lowest BCUT2D eigenvalue weighted by Crippen LogP contribution is -2.38. The molecule has 10 heteroatoms. The molecule has 2 heterocycles. The number of thiazole rings is 1. The summed E-state index contributed by atoms with van der Waals surface area (Å²) in [5.41, 5.74) is 2.07. The van der Waals surface area contributed by atoms with Gasteiger partial charge < -0.3 is 10.6 Å². The van der Waals surface area contributed by atoms with E-state index in [9.17, 15) is 8.42 Å². The number of aromatic nitrogens is 1. The first-order valence-corrected chi connectivity index (χ1v) is 12.7. The molecule has 2 N–H and O–H groups in total. The second-order valence-corrected chi connectivity index (χ2v) is 10.6. The predicted molar refractivity (Wildman–Crippen MR) is 138 cm³/mol. The van der Waals surface area contributed by atoms with Crippen LogP contribution in [-0.2, 0) is 23.0 Å². The molecule has 1 aromatic carbocycles. The molecular formula is C21H32IN5O2S2. The maximum atomic E-state index is 12.6. The maximum Gasteiger partial charge on any atom is 0.243 e. The molecule has 1 fully saturated rings. The molecule has 0 amide bonds. The third-order valence-corrected chi connectivity index (χ3v) is 8.14. The number of rotatable bonds is 8. The lowest BCUT2D eigenvalue weighted by atomic mass is 10.2. The van der Waals surface area contributed by atoms with Crippen molar-refractivity contribution in [1.82, 2.24) is 19.9 Å². The number of guanidine groups is 1. The summed E-state index contributed by atoms with van der Waals surface area (Å²) in [5, 5.41) is 7.72. The first kappa shape index (κ1) is 26.0. The van der Waals surface area contributed by atoms with Gasteiger partial charge in [-0.05, 0) is 51.3 Å². The van der Waals surface area contributed by atoms with Crippen LogP contribution in [-0.4, -0.2) is 49.8 Å². The number of halogens is 1. The van der Waals surface area contributed by atoms with E-state index in [4.69, 9.17) is 0 Å². The molecule has 1 aromatic heterocycles. The van der Waals surface area contributed by atoms with Gasteiger partial charge in [0.1, 0.15) is 0 Å². The fraction of sp³-hybridized carbons (Fsp3) is 0.524. The average Bonchev–Trinajstić information content (AvgIpc) is 3.37. The molecule has 0 aliphatic carbocycles. The van der Waals surface area contributed by atoms with E-state index >= 15 is 0 Å². The van der Waals surface area contributed by atoms with Crippen molar-refractivity contribution in [2.24, 2.45) is 4.99 Å². The number of aryl methyl sites for hydroxylation is 2. The highest BCUT2D eigenvalue weighted by Gasteiger charge is 2.26. The van der Waals surface area contributed by atoms with Crippen LogP contribution in [0.4, 0.5) is 0 Å². The van der Waals surface area contributed by atoms with Crippen molar-refractivity contribution in [1.29, 1.82) is 0 Å². The minimum absolute atomic E-state index is 0. The molecule has 0 unspecified atom stereocenters. The molecule has 1 aliphatic rings. The second kappa shape index (κ2) is 12.1. The monoisotopic (exact) mass is 577 g/mol. The molecule has 3 rings (SSSR count). The quantitative estimate of drug-likeness (QED) is 0.285. The molecule has 0 atom stereocenters. The van der Waals surface area contributed by atoms with Crippen molar-refractivity contribution < 1.29 is 8.42 Å². The summed E-state index contributed by atoms with van der Waals surface area (Å²) in [5.74, 6) is 0.747. The Labute approximate surface area is 206 Å². The van der Waals surface area contributed by atoms with Crippen LogP contribution in [0.2, 0.25) is 0 Å². The van der Waals surface area contributed by atoms with Crippen molar-refractivity contribution in [2.45, 2.75) is 51.5 Å². The number of hydrogen-bond acceptors (Lipinski definition) is 5. The second-order valence-electron chi connectivity index (χ2n) is 7.38. The molecule has 1 aliphatic heterocycles. The van der Waals surface area contributed by atoms with Crippen molar-refractivity contribution >= 4 is 51.3 Å². The summed E-state index contributed by atoms with van der Waals surface area (Å²) < 4.78 is 26.8. The highest BCUT2D eigenvalue weighted by Crippen LogP contribution is 2.21. The van der Waals surface area contributed by atoms with Gasteiger partial charge in [-0.25, -0.2) is 18.4 Å². The Kier molecular flexibility index (Phi) is 10.2. The number of hydrogen-bond donors (Lipinski definition) is 2. The molecular weight excluding hydrogens is 545 g/mol. The van der Waals surface area contributed by atoms with E-state index in [1.54, 1.807) is 27.8 Å². The van der Waals surface area contributed by atoms with Crippen LogP contribution >= 0.6 is 35.3 Å². The van der Waals surface area contributed by atoms with Gasteiger partial charge in [0, 0.05) is 37.5 Å². The standard InChI is InChI=1S/C21H31N5O2S2.HI/c1-4-22-21(23-12-11-20-25-16(2)17(3)29-20)24-15-18-7-9-19(10-8-18)30(27,28)26-13-5-6-14-26;/h7-10H,4-6,11-15H2,1-3H3,(H2,22,23,24);1H. The first-order valence-electron chi connectivity index (χ1n) is 10.4. The zero-order valence-electron chi connectivity index (χ0n) is 18.3. The lowest BCUT2D eigenvalue weighted by molar-refractivity contribution is 0.477. The van der Waals surface area contributed by atoms with E-state index < -0.39 is 10.0 Å². The summed E-state index contributed by atoms with van der Waals surface area (Å²) in [6, 6.07) is 7.06. The van der Waals surface area contributed by atoms with Crippen LogP contribution in [0, 0.1) is 13.8 Å². The lowest BCUT2D eigenvalue weighted by Gasteiger charge is -2.15. The fourth-order valence-electron chi connectivity index (χ4n) is 3.29. The smallest absolute Gasteiger partial charge is 0.243 e. The molecule has 0 spiro atoms. The van der Waals surface area contributed by atoms with E-state index in [-0.39, 0.29) is 24.0 Å². The SMILES string of the molecule is CCNC(=NCc1ccc(S(=O)(=O)N2CCCC2)cc1)NCCc1nc(C)c(C)s1.I. The Morgan fingerprint density at radius 2 is 1.84 bits per heavy atom. The molecule has 0 radical (unpaired) electrons. The highest BCUT2D eigenvalue weighted by atomic mass is 127. The van der Waals surface area contributed by atoms with Crippen molar-refractivity contribution in [3.63, 3.8) is 0 Å². The number of sulfonamides is 1. The molecule has 7 nitrogen and oxygen atoms in total. The topological polar surface area (TPSA) is 86.7 Å². The molecule has 2 aromatic rings. The normalized spacial score (nSPS) is 15.0. The zero-order chi connectivity index (χ0) is 21.6. The van der Waals surface area contributed by atoms with Crippen LogP contribution in [0.1, 0.15) is 40.9 Å². The Morgan fingerprint density at radius 3 is 2.42 bits per heavy atom. The van der Waals surface area contributed by atoms with Gasteiger partial charge in [-0.3, -0.25) is 0 Å². The number of benzene rings is 1. The Morgan fingerprint density at radius 1 is 1.16 bits per heavy atom. The zero-order valence-corrected chi connectivity index (χ0v) is 22.3. The van der Waals surface area contributed by atoms with Crippen molar-refractivity contribution in [3.8, 4) is 0 Å². The number of nitrogens with zero attached hydrogens (tertiary/aromatic N) is 3. The van der Waals surface area contributed by atoms with Gasteiger partial charge in [-0.15, -0.1) is 35.3 Å². The summed E-state index contributed by atoms with van der Waals surface area (Å²) >= 11 is 1.74. The van der Waals surface area contributed by atoms with Crippen LogP contribution in [0.3, 0.4) is 0 Å². The van der Waals surface area contributed by atoms with Crippen LogP contribution in [0.25, 0.3) is 0 Å². The summed E-state index contributed by atoms with van der Waals surface area (Å²) in [7, 11) is -3.37. The highest BCUT2D eigenvalue weighted by molar-refractivity contribution is 14.0. The van der Waals surface area contributed by atoms with E-state index in [0.29, 0.717) is 24.5 Å². The van der Waals surface area contributed by atoms with Gasteiger partial charge in [0.2, 0.25) is 10.0 Å². The molecule has 31 heavy (non-hydrogen) atoms. The summed E-state index contributed by atoms with van der Waals surface area (Å²) in [6.07, 6.45) is 2.73. The van der Waals surface area contributed by atoms with Gasteiger partial charge in [0.15, 0.2) is 5.96 Å². The van der Waals surface area contributed by atoms with Crippen LogP contribution in [0.5, 0.6) is 0 Å². The van der Waals surface area contributed by atoms with Crippen molar-refractivity contribution in [2.75, 3.05) is 26.2 Å². The third-order valence-electron chi connectivity index (χ3n) is 5.09. The minimum Gasteiger partial charge on any atom is -0.357 e.